The average Bonchev–Trinajstić information content (AvgIpc) is 3.08. The van der Waals surface area contributed by atoms with Crippen molar-refractivity contribution in [2.24, 2.45) is 5.92 Å². The highest BCUT2D eigenvalue weighted by atomic mass is 32.2. The van der Waals surface area contributed by atoms with Crippen LogP contribution >= 0.6 is 0 Å². The lowest BCUT2D eigenvalue weighted by Gasteiger charge is -2.39. The van der Waals surface area contributed by atoms with Gasteiger partial charge in [0.25, 0.3) is 0 Å². The third kappa shape index (κ3) is 4.09. The normalized spacial score (nSPS) is 17.0. The summed E-state index contributed by atoms with van der Waals surface area (Å²) in [5, 5.41) is 0.841. The van der Waals surface area contributed by atoms with Crippen LogP contribution in [0, 0.1) is 5.92 Å². The molecule has 33 heavy (non-hydrogen) atoms. The highest BCUT2D eigenvalue weighted by Crippen LogP contribution is 2.39. The second-order valence-corrected chi connectivity index (χ2v) is 10.6. The van der Waals surface area contributed by atoms with Gasteiger partial charge in [0.1, 0.15) is 0 Å². The van der Waals surface area contributed by atoms with Crippen molar-refractivity contribution in [2.75, 3.05) is 17.7 Å². The number of nitrogens with zero attached hydrogens (tertiary/aromatic N) is 4. The number of hydrogen-bond donors (Lipinski definition) is 0. The second kappa shape index (κ2) is 7.82. The number of carbonyl (C=O) groups is 1. The smallest absolute Gasteiger partial charge is 0.341 e. The molecule has 0 fully saturated rings. The fourth-order valence-electron chi connectivity index (χ4n) is 4.40. The number of carbonyl (C=O) groups excluding carboxylic acids is 1. The Labute approximate surface area is 189 Å². The first kappa shape index (κ1) is 23.2. The standard InChI is InChI=1S/C22H23F3N4O3S/c1-12(2)19-18-9-14-5-6-15(33(4,31)32)10-17(14)28(18)7-8-29(19)21-26-11-16(13(3)30)20(27-21)22(23,24)25/h5-6,9-12,19H,7-8H2,1-4H3/t19-/m0/s1. The van der Waals surface area contributed by atoms with Gasteiger partial charge < -0.3 is 9.47 Å². The summed E-state index contributed by atoms with van der Waals surface area (Å²) in [5.74, 6) is -0.873. The molecule has 4 rings (SSSR count). The molecule has 2 aromatic heterocycles. The first-order valence-electron chi connectivity index (χ1n) is 10.3. The van der Waals surface area contributed by atoms with Crippen LogP contribution in [0.3, 0.4) is 0 Å². The van der Waals surface area contributed by atoms with Crippen molar-refractivity contribution < 1.29 is 26.4 Å². The van der Waals surface area contributed by atoms with Gasteiger partial charge in [0.2, 0.25) is 5.95 Å². The van der Waals surface area contributed by atoms with E-state index in [0.29, 0.717) is 13.1 Å². The number of alkyl halides is 3. The first-order valence-corrected chi connectivity index (χ1v) is 12.2. The van der Waals surface area contributed by atoms with Crippen LogP contribution < -0.4 is 4.90 Å². The summed E-state index contributed by atoms with van der Waals surface area (Å²) < 4.78 is 66.9. The Morgan fingerprint density at radius 3 is 2.45 bits per heavy atom. The lowest BCUT2D eigenvalue weighted by Crippen LogP contribution is -2.41. The average molecular weight is 481 g/mol. The maximum atomic E-state index is 13.6. The van der Waals surface area contributed by atoms with Crippen LogP contribution in [-0.2, 0) is 22.6 Å². The molecular formula is C22H23F3N4O3S. The number of hydrogen-bond acceptors (Lipinski definition) is 6. The van der Waals surface area contributed by atoms with Gasteiger partial charge in [-0.05, 0) is 31.0 Å². The highest BCUT2D eigenvalue weighted by Gasteiger charge is 2.39. The quantitative estimate of drug-likeness (QED) is 0.519. The van der Waals surface area contributed by atoms with E-state index in [0.717, 1.165) is 36.0 Å². The van der Waals surface area contributed by atoms with Crippen molar-refractivity contribution >= 4 is 32.5 Å². The number of halogens is 3. The molecule has 1 aliphatic heterocycles. The van der Waals surface area contributed by atoms with Crippen LogP contribution in [0.4, 0.5) is 19.1 Å². The molecule has 7 nitrogen and oxygen atoms in total. The van der Waals surface area contributed by atoms with Crippen molar-refractivity contribution in [1.82, 2.24) is 14.5 Å². The van der Waals surface area contributed by atoms with Gasteiger partial charge in [-0.3, -0.25) is 4.79 Å². The number of sulfone groups is 1. The maximum absolute atomic E-state index is 13.6. The highest BCUT2D eigenvalue weighted by molar-refractivity contribution is 7.90. The molecular weight excluding hydrogens is 457 g/mol. The van der Waals surface area contributed by atoms with Crippen molar-refractivity contribution in [3.63, 3.8) is 0 Å². The largest absolute Gasteiger partial charge is 0.434 e. The molecule has 0 aliphatic carbocycles. The molecule has 1 atom stereocenters. The molecule has 3 aromatic rings. The Morgan fingerprint density at radius 2 is 1.88 bits per heavy atom. The van der Waals surface area contributed by atoms with Crippen LogP contribution in [0.15, 0.2) is 35.4 Å². The third-order valence-electron chi connectivity index (χ3n) is 5.85. The van der Waals surface area contributed by atoms with Gasteiger partial charge in [0, 0.05) is 42.1 Å². The Morgan fingerprint density at radius 1 is 1.18 bits per heavy atom. The molecule has 1 aliphatic rings. The summed E-state index contributed by atoms with van der Waals surface area (Å²) in [6.45, 7) is 5.67. The van der Waals surface area contributed by atoms with Gasteiger partial charge in [-0.25, -0.2) is 18.4 Å². The van der Waals surface area contributed by atoms with E-state index in [9.17, 15) is 26.4 Å². The molecule has 0 radical (unpaired) electrons. The zero-order valence-electron chi connectivity index (χ0n) is 18.5. The summed E-state index contributed by atoms with van der Waals surface area (Å²) in [7, 11) is -3.39. The van der Waals surface area contributed by atoms with Crippen molar-refractivity contribution in [2.45, 2.75) is 44.4 Å². The topological polar surface area (TPSA) is 85.2 Å². The van der Waals surface area contributed by atoms with E-state index in [1.807, 2.05) is 24.5 Å². The van der Waals surface area contributed by atoms with E-state index in [2.05, 4.69) is 9.97 Å². The molecule has 0 N–H and O–H groups in total. The monoisotopic (exact) mass is 480 g/mol. The van der Waals surface area contributed by atoms with Crippen molar-refractivity contribution in [3.8, 4) is 0 Å². The van der Waals surface area contributed by atoms with Crippen LogP contribution in [0.25, 0.3) is 10.9 Å². The Kier molecular flexibility index (Phi) is 5.50. The first-order chi connectivity index (χ1) is 15.3. The maximum Gasteiger partial charge on any atom is 0.434 e. The molecule has 0 spiro atoms. The van der Waals surface area contributed by atoms with Gasteiger partial charge in [0.15, 0.2) is 21.3 Å². The number of rotatable bonds is 4. The molecule has 0 saturated heterocycles. The van der Waals surface area contributed by atoms with Gasteiger partial charge in [-0.1, -0.05) is 19.9 Å². The van der Waals surface area contributed by atoms with Gasteiger partial charge in [0.05, 0.1) is 16.5 Å². The lowest BCUT2D eigenvalue weighted by atomic mass is 9.97. The van der Waals surface area contributed by atoms with Crippen LogP contribution in [0.1, 0.15) is 48.6 Å². The summed E-state index contributed by atoms with van der Waals surface area (Å²) in [6, 6.07) is 6.48. The molecule has 3 heterocycles. The molecule has 176 valence electrons. The second-order valence-electron chi connectivity index (χ2n) is 8.58. The molecule has 11 heteroatoms. The number of fused-ring (bicyclic) bond motifs is 3. The van der Waals surface area contributed by atoms with E-state index in [1.165, 1.54) is 0 Å². The molecule has 0 unspecified atom stereocenters. The van der Waals surface area contributed by atoms with Crippen LogP contribution in [-0.4, -0.2) is 41.5 Å². The molecule has 0 bridgehead atoms. The number of aromatic nitrogens is 3. The van der Waals surface area contributed by atoms with E-state index in [-0.39, 0.29) is 22.8 Å². The molecule has 0 saturated carbocycles. The summed E-state index contributed by atoms with van der Waals surface area (Å²) in [6.07, 6.45) is -2.71. The SMILES string of the molecule is CC(=O)c1cnc(N2CCn3c(cc4ccc(S(C)(=O)=O)cc43)[C@@H]2C(C)C)nc1C(F)(F)F. The minimum absolute atomic E-state index is 0.0202. The predicted octanol–water partition coefficient (Wildman–Crippen LogP) is 4.27. The minimum Gasteiger partial charge on any atom is -0.341 e. The van der Waals surface area contributed by atoms with Gasteiger partial charge >= 0.3 is 6.18 Å². The van der Waals surface area contributed by atoms with E-state index >= 15 is 0 Å². The van der Waals surface area contributed by atoms with E-state index in [1.54, 1.807) is 23.1 Å². The summed E-state index contributed by atoms with van der Waals surface area (Å²) in [4.78, 5) is 21.5. The van der Waals surface area contributed by atoms with E-state index in [4.69, 9.17) is 0 Å². The lowest BCUT2D eigenvalue weighted by molar-refractivity contribution is -0.141. The van der Waals surface area contributed by atoms with Crippen LogP contribution in [0.2, 0.25) is 0 Å². The van der Waals surface area contributed by atoms with Crippen molar-refractivity contribution in [3.05, 3.63) is 47.4 Å². The number of anilines is 1. The predicted molar refractivity (Wildman–Crippen MR) is 117 cm³/mol. The Balaban J connectivity index is 1.85. The number of benzene rings is 1. The van der Waals surface area contributed by atoms with Crippen LogP contribution in [0.5, 0.6) is 0 Å². The number of Topliss-reactive ketones (excluding diaryl/α,β-unsaturated/α-hetero) is 1. The fourth-order valence-corrected chi connectivity index (χ4v) is 5.04. The summed E-state index contributed by atoms with van der Waals surface area (Å²) in [5.41, 5.74) is -0.218. The minimum atomic E-state index is -4.79. The van der Waals surface area contributed by atoms with Crippen molar-refractivity contribution in [1.29, 1.82) is 0 Å². The zero-order valence-corrected chi connectivity index (χ0v) is 19.3. The number of ketones is 1. The van der Waals surface area contributed by atoms with E-state index < -0.39 is 33.1 Å². The van der Waals surface area contributed by atoms with Gasteiger partial charge in [-0.15, -0.1) is 0 Å². The molecule has 1 aromatic carbocycles. The summed E-state index contributed by atoms with van der Waals surface area (Å²) >= 11 is 0. The van der Waals surface area contributed by atoms with Gasteiger partial charge in [-0.2, -0.15) is 13.2 Å². The third-order valence-corrected chi connectivity index (χ3v) is 6.96. The fraction of sp³-hybridized carbons (Fsp3) is 0.409. The Bertz CT molecular complexity index is 1360. The Hall–Kier alpha value is -2.95. The zero-order chi connectivity index (χ0) is 24.3. The molecule has 0 amide bonds.